The summed E-state index contributed by atoms with van der Waals surface area (Å²) in [6.45, 7) is 8.96. The van der Waals surface area contributed by atoms with E-state index in [2.05, 4.69) is 18.8 Å². The minimum atomic E-state index is 0.593. The largest absolute Gasteiger partial charge is 0.372 e. The van der Waals surface area contributed by atoms with E-state index in [0.717, 1.165) is 29.2 Å². The first-order valence-corrected chi connectivity index (χ1v) is 5.79. The van der Waals surface area contributed by atoms with Gasteiger partial charge in [-0.15, -0.1) is 0 Å². The van der Waals surface area contributed by atoms with E-state index in [-0.39, 0.29) is 0 Å². The van der Waals surface area contributed by atoms with E-state index in [1.165, 1.54) is 0 Å². The smallest absolute Gasteiger partial charge is 0.0721 e. The normalized spacial score (nSPS) is 10.4. The molecular weight excluding hydrogens is 222 g/mol. The Morgan fingerprint density at radius 1 is 1.38 bits per heavy atom. The molecule has 0 aliphatic carbocycles. The van der Waals surface area contributed by atoms with Crippen molar-refractivity contribution in [2.45, 2.75) is 13.5 Å². The van der Waals surface area contributed by atoms with Crippen LogP contribution in [0.15, 0.2) is 36.4 Å². The molecule has 1 N–H and O–H groups in total. The summed E-state index contributed by atoms with van der Waals surface area (Å²) in [6, 6.07) is 7.67. The van der Waals surface area contributed by atoms with E-state index in [0.29, 0.717) is 13.2 Å². The van der Waals surface area contributed by atoms with Crippen LogP contribution in [0.5, 0.6) is 0 Å². The summed E-state index contributed by atoms with van der Waals surface area (Å²) in [5, 5.41) is 3.96. The lowest BCUT2D eigenvalue weighted by Gasteiger charge is -2.07. The van der Waals surface area contributed by atoms with Crippen molar-refractivity contribution < 1.29 is 4.74 Å². The minimum absolute atomic E-state index is 0.593. The first-order valence-electron chi connectivity index (χ1n) is 5.42. The van der Waals surface area contributed by atoms with Gasteiger partial charge in [-0.1, -0.05) is 37.2 Å². The molecule has 0 spiro atoms. The molecule has 0 saturated heterocycles. The van der Waals surface area contributed by atoms with E-state index in [4.69, 9.17) is 16.3 Å². The molecule has 0 bridgehead atoms. The molecule has 2 nitrogen and oxygen atoms in total. The number of hydrogen-bond acceptors (Lipinski definition) is 2. The number of likely N-dealkylation sites (N-methyl/N-ethyl adjacent to an activating group) is 1. The first kappa shape index (κ1) is 13.2. The molecule has 3 heteroatoms. The monoisotopic (exact) mass is 239 g/mol. The van der Waals surface area contributed by atoms with Crippen molar-refractivity contribution in [1.29, 1.82) is 0 Å². The van der Waals surface area contributed by atoms with Crippen LogP contribution in [-0.2, 0) is 11.3 Å². The fraction of sp³-hybridized carbons (Fsp3) is 0.385. The van der Waals surface area contributed by atoms with Crippen molar-refractivity contribution in [3.63, 3.8) is 0 Å². The molecule has 1 aromatic carbocycles. The van der Waals surface area contributed by atoms with Gasteiger partial charge in [0, 0.05) is 11.6 Å². The summed E-state index contributed by atoms with van der Waals surface area (Å²) >= 11 is 5.79. The molecule has 0 aliphatic heterocycles. The van der Waals surface area contributed by atoms with Crippen LogP contribution in [0.1, 0.15) is 12.5 Å². The average molecular weight is 240 g/mol. The maximum absolute atomic E-state index is 5.79. The molecule has 0 radical (unpaired) electrons. The lowest BCUT2D eigenvalue weighted by atomic mass is 10.2. The number of ether oxygens (including phenoxy) is 1. The summed E-state index contributed by atoms with van der Waals surface area (Å²) in [6.07, 6.45) is 0. The highest BCUT2D eigenvalue weighted by Crippen LogP contribution is 2.10. The maximum atomic E-state index is 5.79. The third-order valence-corrected chi connectivity index (χ3v) is 2.37. The molecule has 0 heterocycles. The highest BCUT2D eigenvalue weighted by Gasteiger charge is 1.96. The Morgan fingerprint density at radius 3 is 2.69 bits per heavy atom. The zero-order chi connectivity index (χ0) is 11.8. The minimum Gasteiger partial charge on any atom is -0.372 e. The molecule has 16 heavy (non-hydrogen) atoms. The molecular formula is C13H18ClNO. The van der Waals surface area contributed by atoms with Crippen molar-refractivity contribution in [3.05, 3.63) is 47.0 Å². The van der Waals surface area contributed by atoms with Crippen LogP contribution in [0.2, 0.25) is 5.02 Å². The number of hydrogen-bond donors (Lipinski definition) is 1. The van der Waals surface area contributed by atoms with Crippen LogP contribution < -0.4 is 5.32 Å². The van der Waals surface area contributed by atoms with Crippen LogP contribution in [0.3, 0.4) is 0 Å². The molecule has 0 aromatic heterocycles. The van der Waals surface area contributed by atoms with Gasteiger partial charge in [0.2, 0.25) is 0 Å². The van der Waals surface area contributed by atoms with E-state index in [9.17, 15) is 0 Å². The molecule has 1 aromatic rings. The van der Waals surface area contributed by atoms with Gasteiger partial charge >= 0.3 is 0 Å². The maximum Gasteiger partial charge on any atom is 0.0721 e. The third-order valence-electron chi connectivity index (χ3n) is 2.11. The van der Waals surface area contributed by atoms with E-state index in [1.807, 2.05) is 24.3 Å². The molecule has 0 unspecified atom stereocenters. The zero-order valence-electron chi connectivity index (χ0n) is 9.63. The van der Waals surface area contributed by atoms with E-state index < -0.39 is 0 Å². The number of benzene rings is 1. The molecule has 0 fully saturated rings. The highest BCUT2D eigenvalue weighted by molar-refractivity contribution is 6.30. The van der Waals surface area contributed by atoms with Gasteiger partial charge in [-0.3, -0.25) is 0 Å². The second kappa shape index (κ2) is 7.44. The van der Waals surface area contributed by atoms with Gasteiger partial charge < -0.3 is 10.1 Å². The van der Waals surface area contributed by atoms with Crippen molar-refractivity contribution in [2.24, 2.45) is 0 Å². The van der Waals surface area contributed by atoms with Gasteiger partial charge in [-0.25, -0.2) is 0 Å². The third kappa shape index (κ3) is 5.31. The topological polar surface area (TPSA) is 21.3 Å². The number of nitrogens with one attached hydrogen (secondary N) is 1. The van der Waals surface area contributed by atoms with Gasteiger partial charge in [-0.2, -0.15) is 0 Å². The van der Waals surface area contributed by atoms with E-state index in [1.54, 1.807) is 0 Å². The summed E-state index contributed by atoms with van der Waals surface area (Å²) in [7, 11) is 0. The van der Waals surface area contributed by atoms with Crippen LogP contribution in [0, 0.1) is 0 Å². The van der Waals surface area contributed by atoms with Gasteiger partial charge in [0.25, 0.3) is 0 Å². The van der Waals surface area contributed by atoms with Crippen LogP contribution in [-0.4, -0.2) is 19.7 Å². The highest BCUT2D eigenvalue weighted by atomic mass is 35.5. The predicted molar refractivity (Wildman–Crippen MR) is 68.8 cm³/mol. The predicted octanol–water partition coefficient (Wildman–Crippen LogP) is 3.02. The molecule has 0 saturated carbocycles. The standard InChI is InChI=1S/C13H18ClNO/c1-3-15-8-11(2)9-16-10-12-4-6-13(14)7-5-12/h4-7,15H,2-3,8-10H2,1H3. The fourth-order valence-corrected chi connectivity index (χ4v) is 1.37. The average Bonchev–Trinajstić information content (AvgIpc) is 2.29. The Morgan fingerprint density at radius 2 is 2.06 bits per heavy atom. The lowest BCUT2D eigenvalue weighted by molar-refractivity contribution is 0.141. The summed E-state index contributed by atoms with van der Waals surface area (Å²) in [4.78, 5) is 0. The van der Waals surface area contributed by atoms with Gasteiger partial charge in [0.15, 0.2) is 0 Å². The molecule has 0 amide bonds. The summed E-state index contributed by atoms with van der Waals surface area (Å²) in [5.41, 5.74) is 2.19. The number of rotatable bonds is 7. The Balaban J connectivity index is 2.20. The quantitative estimate of drug-likeness (QED) is 0.739. The second-order valence-electron chi connectivity index (χ2n) is 3.65. The van der Waals surface area contributed by atoms with Crippen LogP contribution in [0.4, 0.5) is 0 Å². The molecule has 1 rings (SSSR count). The Hall–Kier alpha value is -0.830. The molecule has 88 valence electrons. The SMILES string of the molecule is C=C(CNCC)COCc1ccc(Cl)cc1. The Labute approximate surface area is 102 Å². The first-order chi connectivity index (χ1) is 7.72. The Bertz CT molecular complexity index is 321. The fourth-order valence-electron chi connectivity index (χ4n) is 1.25. The molecule has 0 aliphatic rings. The second-order valence-corrected chi connectivity index (χ2v) is 4.09. The van der Waals surface area contributed by atoms with Crippen molar-refractivity contribution in [1.82, 2.24) is 5.32 Å². The Kier molecular flexibility index (Phi) is 6.16. The van der Waals surface area contributed by atoms with Gasteiger partial charge in [0.05, 0.1) is 13.2 Å². The van der Waals surface area contributed by atoms with Crippen LogP contribution in [0.25, 0.3) is 0 Å². The van der Waals surface area contributed by atoms with Gasteiger partial charge in [-0.05, 0) is 29.8 Å². The van der Waals surface area contributed by atoms with Crippen molar-refractivity contribution >= 4 is 11.6 Å². The van der Waals surface area contributed by atoms with Crippen LogP contribution >= 0.6 is 11.6 Å². The molecule has 0 atom stereocenters. The van der Waals surface area contributed by atoms with E-state index >= 15 is 0 Å². The van der Waals surface area contributed by atoms with Gasteiger partial charge in [0.1, 0.15) is 0 Å². The number of halogens is 1. The zero-order valence-corrected chi connectivity index (χ0v) is 10.4. The summed E-state index contributed by atoms with van der Waals surface area (Å²) in [5.74, 6) is 0. The summed E-state index contributed by atoms with van der Waals surface area (Å²) < 4.78 is 5.54. The van der Waals surface area contributed by atoms with Crippen molar-refractivity contribution in [3.8, 4) is 0 Å². The lowest BCUT2D eigenvalue weighted by Crippen LogP contribution is -2.17. The van der Waals surface area contributed by atoms with Crippen molar-refractivity contribution in [2.75, 3.05) is 19.7 Å².